The Kier molecular flexibility index (Phi) is 6.67. The van der Waals surface area contributed by atoms with Crippen molar-refractivity contribution in [1.82, 2.24) is 4.90 Å². The van der Waals surface area contributed by atoms with Gasteiger partial charge in [0.2, 0.25) is 5.91 Å². The second-order valence-electron chi connectivity index (χ2n) is 6.94. The lowest BCUT2D eigenvalue weighted by Gasteiger charge is -2.39. The molecule has 0 saturated carbocycles. The first kappa shape index (κ1) is 18.8. The molecule has 0 bridgehead atoms. The number of ether oxygens (including phenoxy) is 1. The molecule has 1 saturated heterocycles. The Balaban J connectivity index is 1.95. The van der Waals surface area contributed by atoms with Crippen LogP contribution in [0.3, 0.4) is 0 Å². The molecule has 2 rings (SSSR count). The number of carbonyl (C=O) groups is 1. The molecule has 1 aliphatic rings. The minimum atomic E-state index is -0.366. The van der Waals surface area contributed by atoms with Crippen LogP contribution in [0.5, 0.6) is 5.75 Å². The standard InChI is InChI=1S/C20H32N2O2/c1-4-20(5-2,15-21)19(23)22-12-10-16(11-13-22)14-17-8-6-7-9-18(17)24-3/h6-9,16H,4-5,10-15,21H2,1-3H3. The summed E-state index contributed by atoms with van der Waals surface area (Å²) in [6.45, 7) is 6.28. The van der Waals surface area contributed by atoms with Crippen molar-refractivity contribution in [1.29, 1.82) is 0 Å². The zero-order chi connectivity index (χ0) is 17.6. The first-order chi connectivity index (χ1) is 11.6. The van der Waals surface area contributed by atoms with Gasteiger partial charge in [-0.25, -0.2) is 0 Å². The van der Waals surface area contributed by atoms with Gasteiger partial charge in [0, 0.05) is 19.6 Å². The fourth-order valence-electron chi connectivity index (χ4n) is 3.79. The highest BCUT2D eigenvalue weighted by Gasteiger charge is 2.38. The van der Waals surface area contributed by atoms with Gasteiger partial charge in [0.1, 0.15) is 5.75 Å². The maximum atomic E-state index is 12.9. The third-order valence-corrected chi connectivity index (χ3v) is 5.80. The van der Waals surface area contributed by atoms with E-state index in [1.54, 1.807) is 7.11 Å². The predicted molar refractivity (Wildman–Crippen MR) is 98.1 cm³/mol. The maximum Gasteiger partial charge on any atom is 0.230 e. The number of hydrogen-bond acceptors (Lipinski definition) is 3. The third-order valence-electron chi connectivity index (χ3n) is 5.80. The Bertz CT molecular complexity index is 524. The van der Waals surface area contributed by atoms with Gasteiger partial charge in [-0.1, -0.05) is 32.0 Å². The molecule has 1 aromatic carbocycles. The molecule has 1 aromatic rings. The molecule has 4 nitrogen and oxygen atoms in total. The summed E-state index contributed by atoms with van der Waals surface area (Å²) in [6, 6.07) is 8.23. The highest BCUT2D eigenvalue weighted by Crippen LogP contribution is 2.31. The van der Waals surface area contributed by atoms with E-state index >= 15 is 0 Å². The second-order valence-corrected chi connectivity index (χ2v) is 6.94. The maximum absolute atomic E-state index is 12.9. The van der Waals surface area contributed by atoms with E-state index < -0.39 is 0 Å². The van der Waals surface area contributed by atoms with Crippen LogP contribution in [0, 0.1) is 11.3 Å². The summed E-state index contributed by atoms with van der Waals surface area (Å²) < 4.78 is 5.46. The summed E-state index contributed by atoms with van der Waals surface area (Å²) in [7, 11) is 1.72. The monoisotopic (exact) mass is 332 g/mol. The fourth-order valence-corrected chi connectivity index (χ4v) is 3.79. The second kappa shape index (κ2) is 8.52. The number of nitrogens with zero attached hydrogens (tertiary/aromatic N) is 1. The number of nitrogens with two attached hydrogens (primary N) is 1. The molecule has 0 aliphatic carbocycles. The van der Waals surface area contributed by atoms with Gasteiger partial charge in [-0.2, -0.15) is 0 Å². The minimum absolute atomic E-state index is 0.255. The van der Waals surface area contributed by atoms with Crippen molar-refractivity contribution in [2.75, 3.05) is 26.7 Å². The van der Waals surface area contributed by atoms with Gasteiger partial charge in [-0.15, -0.1) is 0 Å². The van der Waals surface area contributed by atoms with Crippen molar-refractivity contribution in [3.63, 3.8) is 0 Å². The number of methoxy groups -OCH3 is 1. The smallest absolute Gasteiger partial charge is 0.230 e. The van der Waals surface area contributed by atoms with Crippen molar-refractivity contribution in [2.45, 2.75) is 46.0 Å². The normalized spacial score (nSPS) is 16.2. The largest absolute Gasteiger partial charge is 0.496 e. The van der Waals surface area contributed by atoms with Crippen molar-refractivity contribution in [3.8, 4) is 5.75 Å². The van der Waals surface area contributed by atoms with Gasteiger partial charge in [0.25, 0.3) is 0 Å². The van der Waals surface area contributed by atoms with E-state index in [1.807, 2.05) is 17.0 Å². The van der Waals surface area contributed by atoms with E-state index in [0.717, 1.165) is 50.9 Å². The Labute approximate surface area is 146 Å². The number of amides is 1. The van der Waals surface area contributed by atoms with Crippen LogP contribution in [-0.2, 0) is 11.2 Å². The summed E-state index contributed by atoms with van der Waals surface area (Å²) >= 11 is 0. The number of rotatable bonds is 7. The van der Waals surface area contributed by atoms with Crippen molar-refractivity contribution >= 4 is 5.91 Å². The average Bonchev–Trinajstić information content (AvgIpc) is 2.64. The quantitative estimate of drug-likeness (QED) is 0.834. The highest BCUT2D eigenvalue weighted by molar-refractivity contribution is 5.83. The minimum Gasteiger partial charge on any atom is -0.496 e. The molecular weight excluding hydrogens is 300 g/mol. The van der Waals surface area contributed by atoms with Crippen molar-refractivity contribution in [3.05, 3.63) is 29.8 Å². The van der Waals surface area contributed by atoms with Crippen LogP contribution in [-0.4, -0.2) is 37.6 Å². The zero-order valence-corrected chi connectivity index (χ0v) is 15.4. The number of benzene rings is 1. The molecular formula is C20H32N2O2. The van der Waals surface area contributed by atoms with Crippen LogP contribution in [0.2, 0.25) is 0 Å². The number of para-hydroxylation sites is 1. The molecule has 0 unspecified atom stereocenters. The lowest BCUT2D eigenvalue weighted by molar-refractivity contribution is -0.143. The number of hydrogen-bond donors (Lipinski definition) is 1. The third kappa shape index (κ3) is 3.92. The Morgan fingerprint density at radius 1 is 1.25 bits per heavy atom. The summed E-state index contributed by atoms with van der Waals surface area (Å²) in [5, 5.41) is 0. The van der Waals surface area contributed by atoms with E-state index in [1.165, 1.54) is 5.56 Å². The molecule has 134 valence electrons. The van der Waals surface area contributed by atoms with Gasteiger partial charge in [-0.05, 0) is 49.7 Å². The molecule has 2 N–H and O–H groups in total. The summed E-state index contributed by atoms with van der Waals surface area (Å²) in [5.41, 5.74) is 6.84. The molecule has 0 spiro atoms. The Morgan fingerprint density at radius 2 is 1.88 bits per heavy atom. The zero-order valence-electron chi connectivity index (χ0n) is 15.4. The van der Waals surface area contributed by atoms with Gasteiger partial charge in [-0.3, -0.25) is 4.79 Å². The Morgan fingerprint density at radius 3 is 2.42 bits per heavy atom. The molecule has 24 heavy (non-hydrogen) atoms. The first-order valence-electron chi connectivity index (χ1n) is 9.21. The average molecular weight is 332 g/mol. The fraction of sp³-hybridized carbons (Fsp3) is 0.650. The molecule has 1 heterocycles. The van der Waals surface area contributed by atoms with Crippen LogP contribution >= 0.6 is 0 Å². The topological polar surface area (TPSA) is 55.6 Å². The van der Waals surface area contributed by atoms with E-state index in [2.05, 4.69) is 26.0 Å². The Hall–Kier alpha value is -1.55. The number of likely N-dealkylation sites (tertiary alicyclic amines) is 1. The molecule has 1 aliphatic heterocycles. The van der Waals surface area contributed by atoms with E-state index in [4.69, 9.17) is 10.5 Å². The van der Waals surface area contributed by atoms with Crippen molar-refractivity contribution in [2.24, 2.45) is 17.1 Å². The lowest BCUT2D eigenvalue weighted by atomic mass is 9.80. The van der Waals surface area contributed by atoms with Gasteiger partial charge in [0.05, 0.1) is 12.5 Å². The van der Waals surface area contributed by atoms with Crippen LogP contribution in [0.25, 0.3) is 0 Å². The van der Waals surface area contributed by atoms with Gasteiger partial charge < -0.3 is 15.4 Å². The molecule has 0 radical (unpaired) electrons. The SMILES string of the molecule is CCC(CC)(CN)C(=O)N1CCC(Cc2ccccc2OC)CC1. The lowest BCUT2D eigenvalue weighted by Crippen LogP contribution is -2.50. The number of carbonyl (C=O) groups excluding carboxylic acids is 1. The van der Waals surface area contributed by atoms with Crippen LogP contribution in [0.15, 0.2) is 24.3 Å². The predicted octanol–water partition coefficient (Wildman–Crippen LogP) is 3.24. The summed E-state index contributed by atoms with van der Waals surface area (Å²) in [5.74, 6) is 1.83. The summed E-state index contributed by atoms with van der Waals surface area (Å²) in [4.78, 5) is 14.9. The molecule has 0 atom stereocenters. The molecule has 1 amide bonds. The molecule has 0 aromatic heterocycles. The molecule has 1 fully saturated rings. The highest BCUT2D eigenvalue weighted by atomic mass is 16.5. The summed E-state index contributed by atoms with van der Waals surface area (Å²) in [6.07, 6.45) is 4.77. The van der Waals surface area contributed by atoms with Gasteiger partial charge >= 0.3 is 0 Å². The first-order valence-corrected chi connectivity index (χ1v) is 9.21. The van der Waals surface area contributed by atoms with Crippen LogP contribution in [0.1, 0.15) is 45.1 Å². The van der Waals surface area contributed by atoms with Crippen molar-refractivity contribution < 1.29 is 9.53 Å². The number of piperidine rings is 1. The van der Waals surface area contributed by atoms with Gasteiger partial charge in [0.15, 0.2) is 0 Å². The van der Waals surface area contributed by atoms with E-state index in [9.17, 15) is 4.79 Å². The van der Waals surface area contributed by atoms with E-state index in [-0.39, 0.29) is 11.3 Å². The molecule has 4 heteroatoms. The van der Waals surface area contributed by atoms with Crippen LogP contribution < -0.4 is 10.5 Å². The van der Waals surface area contributed by atoms with Crippen LogP contribution in [0.4, 0.5) is 0 Å². The van der Waals surface area contributed by atoms with E-state index in [0.29, 0.717) is 12.5 Å².